The van der Waals surface area contributed by atoms with Gasteiger partial charge in [0.25, 0.3) is 0 Å². The topological polar surface area (TPSA) is 87.9 Å². The predicted octanol–water partition coefficient (Wildman–Crippen LogP) is 0.565. The van der Waals surface area contributed by atoms with Gasteiger partial charge in [-0.25, -0.2) is 4.39 Å². The molecule has 1 aromatic rings. The van der Waals surface area contributed by atoms with E-state index in [0.29, 0.717) is 5.69 Å². The normalized spacial score (nSPS) is 9.08. The molecule has 62 valence electrons. The van der Waals surface area contributed by atoms with Crippen LogP contribution in [0.2, 0.25) is 0 Å². The maximum atomic E-state index is 12.8. The van der Waals surface area contributed by atoms with Crippen LogP contribution in [0.3, 0.4) is 0 Å². The van der Waals surface area contributed by atoms with Crippen molar-refractivity contribution in [3.8, 4) is 6.07 Å². The van der Waals surface area contributed by atoms with Crippen LogP contribution < -0.4 is 17.0 Å². The molecule has 5 N–H and O–H groups in total. The van der Waals surface area contributed by atoms with Crippen LogP contribution in [-0.2, 0) is 0 Å². The molecule has 0 aliphatic carbocycles. The van der Waals surface area contributed by atoms with Gasteiger partial charge in [-0.3, -0.25) is 5.84 Å². The largest absolute Gasteiger partial charge is 0.397 e. The fourth-order valence-electron chi connectivity index (χ4n) is 0.799. The van der Waals surface area contributed by atoms with Gasteiger partial charge in [-0.15, -0.1) is 0 Å². The molecule has 12 heavy (non-hydrogen) atoms. The van der Waals surface area contributed by atoms with E-state index in [9.17, 15) is 4.39 Å². The summed E-state index contributed by atoms with van der Waals surface area (Å²) in [5, 5.41) is 8.43. The zero-order chi connectivity index (χ0) is 9.14. The second kappa shape index (κ2) is 3.07. The van der Waals surface area contributed by atoms with Crippen LogP contribution in [0.1, 0.15) is 5.56 Å². The summed E-state index contributed by atoms with van der Waals surface area (Å²) in [4.78, 5) is 0. The zero-order valence-electron chi connectivity index (χ0n) is 6.13. The Balaban J connectivity index is 3.30. The highest BCUT2D eigenvalue weighted by Crippen LogP contribution is 2.21. The fraction of sp³-hybridized carbons (Fsp3) is 0. The number of rotatable bonds is 1. The summed E-state index contributed by atoms with van der Waals surface area (Å²) in [5.74, 6) is 4.42. The van der Waals surface area contributed by atoms with Crippen molar-refractivity contribution in [1.29, 1.82) is 5.26 Å². The molecular formula is C7H7FN4. The smallest absolute Gasteiger partial charge is 0.143 e. The summed E-state index contributed by atoms with van der Waals surface area (Å²) >= 11 is 0. The van der Waals surface area contributed by atoms with Gasteiger partial charge in [-0.2, -0.15) is 5.26 Å². The third-order valence-electron chi connectivity index (χ3n) is 1.42. The van der Waals surface area contributed by atoms with E-state index in [-0.39, 0.29) is 11.3 Å². The molecule has 1 rings (SSSR count). The lowest BCUT2D eigenvalue weighted by Crippen LogP contribution is -2.09. The minimum absolute atomic E-state index is 0.0860. The van der Waals surface area contributed by atoms with E-state index >= 15 is 0 Å². The Morgan fingerprint density at radius 1 is 1.50 bits per heavy atom. The van der Waals surface area contributed by atoms with Crippen LogP contribution in [-0.4, -0.2) is 0 Å². The molecule has 0 aliphatic rings. The van der Waals surface area contributed by atoms with Crippen LogP contribution in [0.25, 0.3) is 0 Å². The first kappa shape index (κ1) is 8.30. The van der Waals surface area contributed by atoms with Crippen molar-refractivity contribution >= 4 is 11.4 Å². The van der Waals surface area contributed by atoms with E-state index in [2.05, 4.69) is 5.43 Å². The molecule has 0 saturated heterocycles. The van der Waals surface area contributed by atoms with E-state index < -0.39 is 5.82 Å². The molecule has 0 aromatic heterocycles. The predicted molar refractivity (Wildman–Crippen MR) is 43.3 cm³/mol. The molecular weight excluding hydrogens is 159 g/mol. The number of nitrogens with zero attached hydrogens (tertiary/aromatic N) is 1. The Hall–Kier alpha value is -1.80. The first-order valence-corrected chi connectivity index (χ1v) is 3.14. The minimum Gasteiger partial charge on any atom is -0.397 e. The molecule has 0 amide bonds. The van der Waals surface area contributed by atoms with Crippen LogP contribution in [0.15, 0.2) is 12.1 Å². The Morgan fingerprint density at radius 2 is 2.17 bits per heavy atom. The molecule has 0 radical (unpaired) electrons. The van der Waals surface area contributed by atoms with Crippen molar-refractivity contribution in [2.45, 2.75) is 0 Å². The van der Waals surface area contributed by atoms with Gasteiger partial charge in [0, 0.05) is 6.07 Å². The molecule has 0 atom stereocenters. The Labute approximate surface area is 68.6 Å². The van der Waals surface area contributed by atoms with Crippen molar-refractivity contribution in [2.24, 2.45) is 5.84 Å². The number of nitrogens with two attached hydrogens (primary N) is 2. The van der Waals surface area contributed by atoms with Crippen LogP contribution in [0, 0.1) is 17.1 Å². The average Bonchev–Trinajstić information content (AvgIpc) is 2.05. The number of hydrogen-bond acceptors (Lipinski definition) is 4. The first-order valence-electron chi connectivity index (χ1n) is 3.14. The number of hydrazine groups is 1. The maximum Gasteiger partial charge on any atom is 0.143 e. The average molecular weight is 166 g/mol. The lowest BCUT2D eigenvalue weighted by molar-refractivity contribution is 0.625. The quantitative estimate of drug-likeness (QED) is 0.323. The maximum absolute atomic E-state index is 12.8. The van der Waals surface area contributed by atoms with E-state index in [0.717, 1.165) is 6.07 Å². The summed E-state index contributed by atoms with van der Waals surface area (Å²) in [6.07, 6.45) is 0. The highest BCUT2D eigenvalue weighted by molar-refractivity contribution is 5.67. The minimum atomic E-state index is -0.644. The summed E-state index contributed by atoms with van der Waals surface area (Å²) < 4.78 is 12.8. The summed E-state index contributed by atoms with van der Waals surface area (Å²) in [6, 6.07) is 3.98. The SMILES string of the molecule is N#Cc1cc(NN)c(N)cc1F. The summed E-state index contributed by atoms with van der Waals surface area (Å²) in [5.41, 5.74) is 8.05. The van der Waals surface area contributed by atoms with Gasteiger partial charge in [0.2, 0.25) is 0 Å². The number of hydrogen-bond donors (Lipinski definition) is 3. The Morgan fingerprint density at radius 3 is 2.67 bits per heavy atom. The highest BCUT2D eigenvalue weighted by Gasteiger charge is 2.05. The number of halogens is 1. The second-order valence-corrected chi connectivity index (χ2v) is 2.18. The molecule has 0 fully saturated rings. The number of nitriles is 1. The molecule has 1 aromatic carbocycles. The van der Waals surface area contributed by atoms with Crippen molar-refractivity contribution < 1.29 is 4.39 Å². The Kier molecular flexibility index (Phi) is 2.12. The van der Waals surface area contributed by atoms with Gasteiger partial charge in [0.15, 0.2) is 0 Å². The number of benzene rings is 1. The number of anilines is 2. The fourth-order valence-corrected chi connectivity index (χ4v) is 0.799. The Bertz CT molecular complexity index is 342. The zero-order valence-corrected chi connectivity index (χ0v) is 6.13. The van der Waals surface area contributed by atoms with Crippen molar-refractivity contribution in [3.05, 3.63) is 23.5 Å². The third-order valence-corrected chi connectivity index (χ3v) is 1.42. The third kappa shape index (κ3) is 1.28. The molecule has 0 saturated carbocycles. The van der Waals surface area contributed by atoms with Gasteiger partial charge in [0.05, 0.1) is 16.9 Å². The van der Waals surface area contributed by atoms with Crippen LogP contribution >= 0.6 is 0 Å². The van der Waals surface area contributed by atoms with Gasteiger partial charge < -0.3 is 11.2 Å². The molecule has 5 heteroatoms. The van der Waals surface area contributed by atoms with Crippen molar-refractivity contribution in [3.63, 3.8) is 0 Å². The summed E-state index contributed by atoms with van der Waals surface area (Å²) in [7, 11) is 0. The summed E-state index contributed by atoms with van der Waals surface area (Å²) in [6.45, 7) is 0. The molecule has 0 spiro atoms. The number of nitrogens with one attached hydrogen (secondary N) is 1. The van der Waals surface area contributed by atoms with E-state index in [1.807, 2.05) is 0 Å². The molecule has 0 heterocycles. The second-order valence-electron chi connectivity index (χ2n) is 2.18. The highest BCUT2D eigenvalue weighted by atomic mass is 19.1. The van der Waals surface area contributed by atoms with Gasteiger partial charge in [-0.1, -0.05) is 0 Å². The van der Waals surface area contributed by atoms with Crippen molar-refractivity contribution in [2.75, 3.05) is 11.2 Å². The van der Waals surface area contributed by atoms with Gasteiger partial charge in [-0.05, 0) is 6.07 Å². The van der Waals surface area contributed by atoms with Gasteiger partial charge >= 0.3 is 0 Å². The molecule has 0 bridgehead atoms. The molecule has 4 nitrogen and oxygen atoms in total. The molecule has 0 unspecified atom stereocenters. The van der Waals surface area contributed by atoms with E-state index in [1.165, 1.54) is 6.07 Å². The monoisotopic (exact) mass is 166 g/mol. The lowest BCUT2D eigenvalue weighted by atomic mass is 10.2. The number of nitrogen functional groups attached to an aromatic ring is 2. The first-order chi connectivity index (χ1) is 5.69. The van der Waals surface area contributed by atoms with Crippen LogP contribution in [0.5, 0.6) is 0 Å². The van der Waals surface area contributed by atoms with Crippen molar-refractivity contribution in [1.82, 2.24) is 0 Å². The van der Waals surface area contributed by atoms with Crippen LogP contribution in [0.4, 0.5) is 15.8 Å². The van der Waals surface area contributed by atoms with E-state index in [1.54, 1.807) is 6.07 Å². The molecule has 0 aliphatic heterocycles. The standard InChI is InChI=1S/C7H7FN4/c8-5-2-6(10)7(12-11)1-4(5)3-9/h1-2,12H,10-11H2. The van der Waals surface area contributed by atoms with E-state index in [4.69, 9.17) is 16.8 Å². The lowest BCUT2D eigenvalue weighted by Gasteiger charge is -2.04. The van der Waals surface area contributed by atoms with Gasteiger partial charge in [0.1, 0.15) is 11.9 Å².